The maximum absolute atomic E-state index is 10.9. The fourth-order valence-corrected chi connectivity index (χ4v) is 3.26. The van der Waals surface area contributed by atoms with E-state index >= 15 is 0 Å². The van der Waals surface area contributed by atoms with Crippen LogP contribution in [0.4, 0.5) is 0 Å². The lowest BCUT2D eigenvalue weighted by Crippen LogP contribution is -2.17. The van der Waals surface area contributed by atoms with Crippen LogP contribution in [0.5, 0.6) is 0 Å². The molecule has 1 heterocycles. The first kappa shape index (κ1) is 17.2. The average Bonchev–Trinajstić information content (AvgIpc) is 2.88. The van der Waals surface area contributed by atoms with Gasteiger partial charge in [-0.15, -0.1) is 11.3 Å². The number of unbranched alkanes of at least 4 members (excludes halogenated alkanes) is 6. The Morgan fingerprint density at radius 3 is 2.35 bits per heavy atom. The smallest absolute Gasteiger partial charge is 0.355 e. The van der Waals surface area contributed by atoms with Crippen molar-refractivity contribution in [2.75, 3.05) is 0 Å². The highest BCUT2D eigenvalue weighted by molar-refractivity contribution is 7.10. The van der Waals surface area contributed by atoms with E-state index in [4.69, 9.17) is 5.11 Å². The van der Waals surface area contributed by atoms with Crippen LogP contribution in [-0.2, 0) is 5.41 Å². The minimum absolute atomic E-state index is 0.0121. The number of hydrogen-bond acceptors (Lipinski definition) is 3. The Bertz CT molecular complexity index is 412. The summed E-state index contributed by atoms with van der Waals surface area (Å²) in [6.45, 7) is 6.56. The van der Waals surface area contributed by atoms with E-state index in [1.165, 1.54) is 56.3 Å². The number of aromatic carboxylic acids is 1. The highest BCUT2D eigenvalue weighted by atomic mass is 32.1. The summed E-state index contributed by atoms with van der Waals surface area (Å²) in [4.78, 5) is 15.1. The van der Waals surface area contributed by atoms with Gasteiger partial charge in [-0.3, -0.25) is 0 Å². The van der Waals surface area contributed by atoms with Gasteiger partial charge in [0.05, 0.1) is 5.01 Å². The number of carboxylic acids is 1. The molecule has 1 aromatic rings. The highest BCUT2D eigenvalue weighted by Gasteiger charge is 2.24. The van der Waals surface area contributed by atoms with Crippen LogP contribution in [0.3, 0.4) is 0 Å². The SMILES string of the molecule is CCCCCCCCCC(C)(C)c1nc(C(=O)O)cs1. The summed E-state index contributed by atoms with van der Waals surface area (Å²) in [6.07, 6.45) is 10.2. The van der Waals surface area contributed by atoms with Crippen LogP contribution < -0.4 is 0 Å². The zero-order valence-electron chi connectivity index (χ0n) is 12.9. The molecule has 0 aliphatic carbocycles. The molecular formula is C16H27NO2S. The Morgan fingerprint density at radius 1 is 1.20 bits per heavy atom. The minimum Gasteiger partial charge on any atom is -0.476 e. The van der Waals surface area contributed by atoms with Crippen LogP contribution >= 0.6 is 11.3 Å². The van der Waals surface area contributed by atoms with Gasteiger partial charge in [0.2, 0.25) is 0 Å². The average molecular weight is 297 g/mol. The van der Waals surface area contributed by atoms with Gasteiger partial charge in [-0.1, -0.05) is 65.7 Å². The molecule has 1 N–H and O–H groups in total. The maximum atomic E-state index is 10.9. The molecule has 3 nitrogen and oxygen atoms in total. The fourth-order valence-electron chi connectivity index (χ4n) is 2.31. The number of carbonyl (C=O) groups is 1. The number of aromatic nitrogens is 1. The Balaban J connectivity index is 2.31. The first-order valence-electron chi connectivity index (χ1n) is 7.66. The molecule has 0 aliphatic rings. The zero-order valence-corrected chi connectivity index (χ0v) is 13.8. The molecule has 114 valence electrons. The van der Waals surface area contributed by atoms with E-state index in [-0.39, 0.29) is 11.1 Å². The van der Waals surface area contributed by atoms with Crippen molar-refractivity contribution in [2.24, 2.45) is 0 Å². The van der Waals surface area contributed by atoms with E-state index in [0.29, 0.717) is 0 Å². The van der Waals surface area contributed by atoms with Crippen molar-refractivity contribution in [1.29, 1.82) is 0 Å². The molecule has 0 saturated carbocycles. The summed E-state index contributed by atoms with van der Waals surface area (Å²) >= 11 is 1.47. The third-order valence-electron chi connectivity index (χ3n) is 3.71. The van der Waals surface area contributed by atoms with Gasteiger partial charge in [-0.25, -0.2) is 9.78 Å². The first-order valence-corrected chi connectivity index (χ1v) is 8.54. The summed E-state index contributed by atoms with van der Waals surface area (Å²) in [7, 11) is 0. The molecule has 0 atom stereocenters. The number of thiazole rings is 1. The van der Waals surface area contributed by atoms with Gasteiger partial charge >= 0.3 is 5.97 Å². The van der Waals surface area contributed by atoms with Crippen molar-refractivity contribution in [3.05, 3.63) is 16.1 Å². The molecule has 1 aromatic heterocycles. The maximum Gasteiger partial charge on any atom is 0.355 e. The summed E-state index contributed by atoms with van der Waals surface area (Å²) in [5.74, 6) is -0.931. The second-order valence-electron chi connectivity index (χ2n) is 6.10. The Kier molecular flexibility index (Phi) is 7.20. The molecule has 0 spiro atoms. The fraction of sp³-hybridized carbons (Fsp3) is 0.750. The molecule has 0 unspecified atom stereocenters. The molecule has 20 heavy (non-hydrogen) atoms. The standard InChI is InChI=1S/C16H27NO2S/c1-4-5-6-7-8-9-10-11-16(2,3)15-17-13(12-20-15)14(18)19/h12H,4-11H2,1-3H3,(H,18,19). The van der Waals surface area contributed by atoms with Crippen LogP contribution in [0.25, 0.3) is 0 Å². The van der Waals surface area contributed by atoms with E-state index < -0.39 is 5.97 Å². The second-order valence-corrected chi connectivity index (χ2v) is 6.96. The molecule has 0 fully saturated rings. The predicted octanol–water partition coefficient (Wildman–Crippen LogP) is 5.26. The van der Waals surface area contributed by atoms with Crippen molar-refractivity contribution in [2.45, 2.75) is 77.6 Å². The molecule has 0 aliphatic heterocycles. The lowest BCUT2D eigenvalue weighted by atomic mass is 9.87. The topological polar surface area (TPSA) is 50.2 Å². The third-order valence-corrected chi connectivity index (χ3v) is 4.92. The van der Waals surface area contributed by atoms with Gasteiger partial charge < -0.3 is 5.11 Å². The molecule has 0 radical (unpaired) electrons. The first-order chi connectivity index (χ1) is 9.47. The molecule has 1 rings (SSSR count). The zero-order chi connectivity index (χ0) is 15.0. The van der Waals surface area contributed by atoms with Crippen LogP contribution in [0.2, 0.25) is 0 Å². The molecule has 0 saturated heterocycles. The summed E-state index contributed by atoms with van der Waals surface area (Å²) in [6, 6.07) is 0. The van der Waals surface area contributed by atoms with Crippen molar-refractivity contribution in [1.82, 2.24) is 4.98 Å². The molecule has 0 amide bonds. The number of nitrogens with zero attached hydrogens (tertiary/aromatic N) is 1. The van der Waals surface area contributed by atoms with E-state index in [2.05, 4.69) is 25.8 Å². The predicted molar refractivity (Wildman–Crippen MR) is 84.7 cm³/mol. The Hall–Kier alpha value is -0.900. The van der Waals surface area contributed by atoms with Crippen molar-refractivity contribution in [3.63, 3.8) is 0 Å². The van der Waals surface area contributed by atoms with Crippen LogP contribution in [0, 0.1) is 0 Å². The Morgan fingerprint density at radius 2 is 1.80 bits per heavy atom. The molecule has 4 heteroatoms. The van der Waals surface area contributed by atoms with Crippen molar-refractivity contribution in [3.8, 4) is 0 Å². The minimum atomic E-state index is -0.931. The largest absolute Gasteiger partial charge is 0.476 e. The van der Waals surface area contributed by atoms with Crippen LogP contribution in [0.15, 0.2) is 5.38 Å². The monoisotopic (exact) mass is 297 g/mol. The van der Waals surface area contributed by atoms with E-state index in [9.17, 15) is 4.79 Å². The molecule has 0 bridgehead atoms. The third kappa shape index (κ3) is 5.61. The normalized spacial score (nSPS) is 11.8. The van der Waals surface area contributed by atoms with Gasteiger partial charge in [-0.2, -0.15) is 0 Å². The van der Waals surface area contributed by atoms with Gasteiger partial charge in [-0.05, 0) is 6.42 Å². The Labute approximate surface area is 126 Å². The second kappa shape index (κ2) is 8.40. The summed E-state index contributed by atoms with van der Waals surface area (Å²) < 4.78 is 0. The van der Waals surface area contributed by atoms with Gasteiger partial charge in [0, 0.05) is 10.8 Å². The van der Waals surface area contributed by atoms with E-state index in [1.54, 1.807) is 5.38 Å². The molecular weight excluding hydrogens is 270 g/mol. The van der Waals surface area contributed by atoms with Gasteiger partial charge in [0.25, 0.3) is 0 Å². The van der Waals surface area contributed by atoms with Crippen molar-refractivity contribution >= 4 is 17.3 Å². The number of carboxylic acid groups (broad SMARTS) is 1. The van der Waals surface area contributed by atoms with E-state index in [1.807, 2.05) is 0 Å². The lowest BCUT2D eigenvalue weighted by molar-refractivity contribution is 0.0691. The van der Waals surface area contributed by atoms with Gasteiger partial charge in [0.1, 0.15) is 0 Å². The lowest BCUT2D eigenvalue weighted by Gasteiger charge is -2.21. The van der Waals surface area contributed by atoms with E-state index in [0.717, 1.165) is 11.4 Å². The summed E-state index contributed by atoms with van der Waals surface area (Å²) in [5.41, 5.74) is 0.166. The van der Waals surface area contributed by atoms with Crippen molar-refractivity contribution < 1.29 is 9.90 Å². The summed E-state index contributed by atoms with van der Waals surface area (Å²) in [5, 5.41) is 11.5. The highest BCUT2D eigenvalue weighted by Crippen LogP contribution is 2.31. The molecule has 0 aromatic carbocycles. The van der Waals surface area contributed by atoms with Crippen LogP contribution in [0.1, 0.15) is 87.6 Å². The van der Waals surface area contributed by atoms with Gasteiger partial charge in [0.15, 0.2) is 5.69 Å². The number of rotatable bonds is 10. The van der Waals surface area contributed by atoms with Crippen LogP contribution in [-0.4, -0.2) is 16.1 Å². The number of hydrogen-bond donors (Lipinski definition) is 1. The quantitative estimate of drug-likeness (QED) is 0.599.